The van der Waals surface area contributed by atoms with Crippen LogP contribution in [0.1, 0.15) is 20.3 Å². The number of carbonyl (C=O) groups is 1. The molecule has 19 heavy (non-hydrogen) atoms. The van der Waals surface area contributed by atoms with Crippen LogP contribution < -0.4 is 10.2 Å². The minimum Gasteiger partial charge on any atom is -0.354 e. The van der Waals surface area contributed by atoms with Crippen LogP contribution in [0.25, 0.3) is 0 Å². The minimum absolute atomic E-state index is 0.0667. The number of likely N-dealkylation sites (N-methyl/N-ethyl adjacent to an activating group) is 1. The summed E-state index contributed by atoms with van der Waals surface area (Å²) in [6, 6.07) is 1.83. The molecule has 0 saturated carbocycles. The molecule has 1 amide bonds. The van der Waals surface area contributed by atoms with Crippen molar-refractivity contribution in [3.8, 4) is 0 Å². The maximum atomic E-state index is 11.8. The fourth-order valence-electron chi connectivity index (χ4n) is 1.62. The molecule has 0 atom stereocenters. The lowest BCUT2D eigenvalue weighted by Gasteiger charge is -2.24. The van der Waals surface area contributed by atoms with Gasteiger partial charge in [-0.15, -0.1) is 0 Å². The third kappa shape index (κ3) is 4.73. The number of aromatic nitrogens is 2. The molecule has 1 heterocycles. The third-order valence-corrected chi connectivity index (χ3v) is 2.62. The van der Waals surface area contributed by atoms with Crippen LogP contribution in [0.3, 0.4) is 0 Å². The maximum absolute atomic E-state index is 11.8. The van der Waals surface area contributed by atoms with Crippen molar-refractivity contribution in [3.63, 3.8) is 0 Å². The molecule has 0 bridgehead atoms. The average Bonchev–Trinajstić information content (AvgIpc) is 2.38. The van der Waals surface area contributed by atoms with Crippen molar-refractivity contribution in [1.29, 1.82) is 0 Å². The van der Waals surface area contributed by atoms with Gasteiger partial charge in [-0.1, -0.05) is 6.92 Å². The molecule has 0 aliphatic carbocycles. The van der Waals surface area contributed by atoms with Crippen molar-refractivity contribution in [2.75, 3.05) is 43.9 Å². The molecule has 1 aromatic heterocycles. The topological polar surface area (TPSA) is 61.4 Å². The van der Waals surface area contributed by atoms with Crippen molar-refractivity contribution >= 4 is 17.7 Å². The summed E-state index contributed by atoms with van der Waals surface area (Å²) in [7, 11) is 3.52. The fourth-order valence-corrected chi connectivity index (χ4v) is 1.62. The van der Waals surface area contributed by atoms with E-state index in [4.69, 9.17) is 0 Å². The number of carbonyl (C=O) groups excluding carboxylic acids is 1. The van der Waals surface area contributed by atoms with Gasteiger partial charge < -0.3 is 15.1 Å². The first-order valence-electron chi connectivity index (χ1n) is 6.60. The Morgan fingerprint density at radius 3 is 2.68 bits per heavy atom. The summed E-state index contributed by atoms with van der Waals surface area (Å²) in [5, 5.41) is 3.08. The Bertz CT molecular complexity index is 408. The van der Waals surface area contributed by atoms with Gasteiger partial charge in [-0.3, -0.25) is 4.79 Å². The van der Waals surface area contributed by atoms with Gasteiger partial charge in [0.15, 0.2) is 0 Å². The molecule has 6 nitrogen and oxygen atoms in total. The summed E-state index contributed by atoms with van der Waals surface area (Å²) in [6.07, 6.45) is 2.67. The zero-order valence-electron chi connectivity index (χ0n) is 12.2. The number of hydrogen-bond acceptors (Lipinski definition) is 5. The van der Waals surface area contributed by atoms with Crippen molar-refractivity contribution in [2.45, 2.75) is 20.3 Å². The number of hydrogen-bond donors (Lipinski definition) is 1. The lowest BCUT2D eigenvalue weighted by molar-refractivity contribution is -0.127. The molecular weight excluding hydrogens is 242 g/mol. The molecule has 0 saturated heterocycles. The van der Waals surface area contributed by atoms with Crippen LogP contribution in [0.4, 0.5) is 11.8 Å². The summed E-state index contributed by atoms with van der Waals surface area (Å²) in [4.78, 5) is 24.0. The van der Waals surface area contributed by atoms with Crippen molar-refractivity contribution in [3.05, 3.63) is 12.3 Å². The van der Waals surface area contributed by atoms with E-state index in [1.165, 1.54) is 0 Å². The van der Waals surface area contributed by atoms with Crippen LogP contribution in [0.5, 0.6) is 0 Å². The molecule has 0 fully saturated rings. The molecule has 0 radical (unpaired) electrons. The van der Waals surface area contributed by atoms with E-state index in [-0.39, 0.29) is 5.91 Å². The van der Waals surface area contributed by atoms with Gasteiger partial charge in [0, 0.05) is 33.4 Å². The van der Waals surface area contributed by atoms with Gasteiger partial charge in [-0.25, -0.2) is 4.98 Å². The number of nitrogens with zero attached hydrogens (tertiary/aromatic N) is 4. The third-order valence-electron chi connectivity index (χ3n) is 2.62. The summed E-state index contributed by atoms with van der Waals surface area (Å²) in [5.74, 6) is 1.44. The van der Waals surface area contributed by atoms with Crippen LogP contribution in [0.15, 0.2) is 12.3 Å². The Morgan fingerprint density at radius 1 is 1.37 bits per heavy atom. The molecule has 1 rings (SSSR count). The largest absolute Gasteiger partial charge is 0.354 e. The highest BCUT2D eigenvalue weighted by Gasteiger charge is 2.14. The second-order valence-corrected chi connectivity index (χ2v) is 4.48. The van der Waals surface area contributed by atoms with Gasteiger partial charge in [-0.2, -0.15) is 4.98 Å². The van der Waals surface area contributed by atoms with Crippen molar-refractivity contribution in [1.82, 2.24) is 14.9 Å². The Hall–Kier alpha value is -1.85. The van der Waals surface area contributed by atoms with Crippen LogP contribution in [-0.2, 0) is 4.79 Å². The molecule has 0 aromatic carbocycles. The highest BCUT2D eigenvalue weighted by Crippen LogP contribution is 2.12. The van der Waals surface area contributed by atoms with E-state index in [1.54, 1.807) is 25.2 Å². The zero-order valence-corrected chi connectivity index (χ0v) is 12.2. The average molecular weight is 265 g/mol. The van der Waals surface area contributed by atoms with E-state index in [0.29, 0.717) is 12.5 Å². The number of nitrogens with one attached hydrogen (secondary N) is 1. The summed E-state index contributed by atoms with van der Waals surface area (Å²) < 4.78 is 0. The number of rotatable bonds is 7. The predicted molar refractivity (Wildman–Crippen MR) is 77.4 cm³/mol. The second kappa shape index (κ2) is 7.56. The predicted octanol–water partition coefficient (Wildman–Crippen LogP) is 1.21. The number of amides is 1. The fraction of sp³-hybridized carbons (Fsp3) is 0.615. The maximum Gasteiger partial charge on any atom is 0.241 e. The summed E-state index contributed by atoms with van der Waals surface area (Å²) in [5.41, 5.74) is 0. The molecule has 0 unspecified atom stereocenters. The normalized spacial score (nSPS) is 10.1. The molecule has 106 valence electrons. The molecule has 0 aliphatic heterocycles. The summed E-state index contributed by atoms with van der Waals surface area (Å²) in [6.45, 7) is 5.98. The molecular formula is C13H23N5O. The SMILES string of the molecule is CCCN(CC(=O)N(C)C)c1ccnc(NCC)n1. The molecule has 1 N–H and O–H groups in total. The molecule has 0 spiro atoms. The lowest BCUT2D eigenvalue weighted by Crippen LogP contribution is -2.37. The van der Waals surface area contributed by atoms with Gasteiger partial charge in [0.2, 0.25) is 11.9 Å². The monoisotopic (exact) mass is 265 g/mol. The first-order chi connectivity index (χ1) is 9.08. The van der Waals surface area contributed by atoms with Gasteiger partial charge in [0.25, 0.3) is 0 Å². The van der Waals surface area contributed by atoms with Crippen LogP contribution >= 0.6 is 0 Å². The van der Waals surface area contributed by atoms with E-state index < -0.39 is 0 Å². The van der Waals surface area contributed by atoms with Crippen molar-refractivity contribution in [2.24, 2.45) is 0 Å². The Labute approximate surface area is 114 Å². The van der Waals surface area contributed by atoms with Crippen LogP contribution in [-0.4, -0.2) is 54.5 Å². The minimum atomic E-state index is 0.0667. The van der Waals surface area contributed by atoms with Crippen molar-refractivity contribution < 1.29 is 4.79 Å². The Morgan fingerprint density at radius 2 is 2.11 bits per heavy atom. The standard InChI is InChI=1S/C13H23N5O/c1-5-9-18(10-12(19)17(3)4)11-7-8-15-13(16-11)14-6-2/h7-8H,5-6,9-10H2,1-4H3,(H,14,15,16). The first-order valence-corrected chi connectivity index (χ1v) is 6.60. The Balaban J connectivity index is 2.85. The van der Waals surface area contributed by atoms with Crippen LogP contribution in [0.2, 0.25) is 0 Å². The summed E-state index contributed by atoms with van der Waals surface area (Å²) >= 11 is 0. The molecule has 1 aromatic rings. The van der Waals surface area contributed by atoms with E-state index in [1.807, 2.05) is 17.9 Å². The quantitative estimate of drug-likeness (QED) is 0.803. The van der Waals surface area contributed by atoms with Gasteiger partial charge >= 0.3 is 0 Å². The van der Waals surface area contributed by atoms with Gasteiger partial charge in [0.05, 0.1) is 6.54 Å². The van der Waals surface area contributed by atoms with E-state index in [2.05, 4.69) is 22.2 Å². The lowest BCUT2D eigenvalue weighted by atomic mass is 10.3. The van der Waals surface area contributed by atoms with E-state index in [9.17, 15) is 4.79 Å². The Kier molecular flexibility index (Phi) is 6.05. The molecule has 0 aliphatic rings. The van der Waals surface area contributed by atoms with Gasteiger partial charge in [0.1, 0.15) is 5.82 Å². The number of anilines is 2. The van der Waals surface area contributed by atoms with Crippen LogP contribution in [0, 0.1) is 0 Å². The van der Waals surface area contributed by atoms with E-state index in [0.717, 1.165) is 25.3 Å². The highest BCUT2D eigenvalue weighted by atomic mass is 16.2. The smallest absolute Gasteiger partial charge is 0.241 e. The zero-order chi connectivity index (χ0) is 14.3. The van der Waals surface area contributed by atoms with E-state index >= 15 is 0 Å². The van der Waals surface area contributed by atoms with Gasteiger partial charge in [-0.05, 0) is 19.4 Å². The first kappa shape index (κ1) is 15.2. The highest BCUT2D eigenvalue weighted by molar-refractivity contribution is 5.80. The molecule has 6 heteroatoms. The second-order valence-electron chi connectivity index (χ2n) is 4.48.